The zero-order valence-electron chi connectivity index (χ0n) is 12.3. The van der Waals surface area contributed by atoms with E-state index in [4.69, 9.17) is 4.74 Å². The SMILES string of the molecule is CNC(C)c1ccc(F)cc1-c1ccc(OC)cc1C. The molecule has 1 unspecified atom stereocenters. The van der Waals surface area contributed by atoms with Gasteiger partial charge in [0, 0.05) is 6.04 Å². The van der Waals surface area contributed by atoms with E-state index in [0.717, 1.165) is 28.0 Å². The maximum atomic E-state index is 13.6. The van der Waals surface area contributed by atoms with Crippen molar-refractivity contribution in [1.29, 1.82) is 0 Å². The summed E-state index contributed by atoms with van der Waals surface area (Å²) >= 11 is 0. The summed E-state index contributed by atoms with van der Waals surface area (Å²) in [7, 11) is 3.55. The number of hydrogen-bond donors (Lipinski definition) is 1. The molecule has 0 amide bonds. The van der Waals surface area contributed by atoms with Crippen molar-refractivity contribution in [2.24, 2.45) is 0 Å². The van der Waals surface area contributed by atoms with E-state index in [0.29, 0.717) is 0 Å². The van der Waals surface area contributed by atoms with Crippen LogP contribution in [0.25, 0.3) is 11.1 Å². The molecule has 0 aliphatic heterocycles. The number of halogens is 1. The molecule has 0 bridgehead atoms. The van der Waals surface area contributed by atoms with Gasteiger partial charge in [-0.05, 0) is 67.4 Å². The molecule has 0 heterocycles. The van der Waals surface area contributed by atoms with Gasteiger partial charge < -0.3 is 10.1 Å². The van der Waals surface area contributed by atoms with Crippen molar-refractivity contribution in [1.82, 2.24) is 5.32 Å². The number of methoxy groups -OCH3 is 1. The molecule has 0 fully saturated rings. The van der Waals surface area contributed by atoms with Gasteiger partial charge in [0.25, 0.3) is 0 Å². The Labute approximate surface area is 119 Å². The van der Waals surface area contributed by atoms with Gasteiger partial charge in [-0.1, -0.05) is 12.1 Å². The Kier molecular flexibility index (Phi) is 4.40. The molecule has 1 N–H and O–H groups in total. The number of aryl methyl sites for hydroxylation is 1. The van der Waals surface area contributed by atoms with E-state index in [1.54, 1.807) is 13.2 Å². The Morgan fingerprint density at radius 2 is 1.85 bits per heavy atom. The fraction of sp³-hybridized carbons (Fsp3) is 0.294. The molecule has 0 radical (unpaired) electrons. The Morgan fingerprint density at radius 1 is 1.10 bits per heavy atom. The van der Waals surface area contributed by atoms with Gasteiger partial charge in [0.2, 0.25) is 0 Å². The van der Waals surface area contributed by atoms with E-state index in [1.807, 2.05) is 38.2 Å². The first kappa shape index (κ1) is 14.5. The molecule has 20 heavy (non-hydrogen) atoms. The number of benzene rings is 2. The summed E-state index contributed by atoms with van der Waals surface area (Å²) in [6, 6.07) is 11.0. The van der Waals surface area contributed by atoms with Crippen LogP contribution >= 0.6 is 0 Å². The van der Waals surface area contributed by atoms with Crippen LogP contribution in [-0.4, -0.2) is 14.2 Å². The summed E-state index contributed by atoms with van der Waals surface area (Å²) in [6.45, 7) is 4.08. The van der Waals surface area contributed by atoms with E-state index >= 15 is 0 Å². The van der Waals surface area contributed by atoms with Crippen molar-refractivity contribution in [2.75, 3.05) is 14.2 Å². The lowest BCUT2D eigenvalue weighted by atomic mass is 9.92. The second-order valence-electron chi connectivity index (χ2n) is 4.92. The smallest absolute Gasteiger partial charge is 0.123 e. The summed E-state index contributed by atoms with van der Waals surface area (Å²) in [4.78, 5) is 0. The lowest BCUT2D eigenvalue weighted by Crippen LogP contribution is -2.13. The Morgan fingerprint density at radius 3 is 2.45 bits per heavy atom. The third kappa shape index (κ3) is 2.83. The number of nitrogens with one attached hydrogen (secondary N) is 1. The lowest BCUT2D eigenvalue weighted by molar-refractivity contribution is 0.414. The van der Waals surface area contributed by atoms with Crippen LogP contribution in [0, 0.1) is 12.7 Å². The number of hydrogen-bond acceptors (Lipinski definition) is 2. The molecule has 0 spiro atoms. The van der Waals surface area contributed by atoms with E-state index in [2.05, 4.69) is 12.2 Å². The Bertz CT molecular complexity index is 610. The molecule has 2 rings (SSSR count). The Balaban J connectivity index is 2.59. The van der Waals surface area contributed by atoms with Gasteiger partial charge in [0.1, 0.15) is 11.6 Å². The average Bonchev–Trinajstić information content (AvgIpc) is 2.46. The molecular formula is C17H20FNO. The van der Waals surface area contributed by atoms with Crippen molar-refractivity contribution >= 4 is 0 Å². The van der Waals surface area contributed by atoms with E-state index in [9.17, 15) is 4.39 Å². The molecule has 0 saturated carbocycles. The molecule has 2 aromatic rings. The first-order chi connectivity index (χ1) is 9.56. The zero-order valence-corrected chi connectivity index (χ0v) is 12.3. The van der Waals surface area contributed by atoms with Crippen molar-refractivity contribution in [3.63, 3.8) is 0 Å². The molecule has 2 nitrogen and oxygen atoms in total. The predicted octanol–water partition coefficient (Wildman–Crippen LogP) is 4.09. The summed E-state index contributed by atoms with van der Waals surface area (Å²) in [5.41, 5.74) is 4.11. The second kappa shape index (κ2) is 6.06. The van der Waals surface area contributed by atoms with Gasteiger partial charge in [-0.15, -0.1) is 0 Å². The number of ether oxygens (including phenoxy) is 1. The fourth-order valence-corrected chi connectivity index (χ4v) is 2.36. The van der Waals surface area contributed by atoms with Crippen LogP contribution < -0.4 is 10.1 Å². The summed E-state index contributed by atoms with van der Waals surface area (Å²) in [5, 5.41) is 3.21. The standard InChI is InChI=1S/C17H20FNO/c1-11-9-14(20-4)6-8-15(11)17-10-13(18)5-7-16(17)12(2)19-3/h5-10,12,19H,1-4H3. The van der Waals surface area contributed by atoms with Crippen LogP contribution in [0.15, 0.2) is 36.4 Å². The fourth-order valence-electron chi connectivity index (χ4n) is 2.36. The van der Waals surface area contributed by atoms with Crippen molar-refractivity contribution in [3.05, 3.63) is 53.3 Å². The van der Waals surface area contributed by atoms with Gasteiger partial charge in [-0.3, -0.25) is 0 Å². The highest BCUT2D eigenvalue weighted by molar-refractivity contribution is 5.72. The zero-order chi connectivity index (χ0) is 14.7. The quantitative estimate of drug-likeness (QED) is 0.906. The molecule has 3 heteroatoms. The molecular weight excluding hydrogens is 253 g/mol. The van der Waals surface area contributed by atoms with Gasteiger partial charge in [-0.25, -0.2) is 4.39 Å². The van der Waals surface area contributed by atoms with Crippen LogP contribution in [0.1, 0.15) is 24.1 Å². The van der Waals surface area contributed by atoms with Crippen molar-refractivity contribution in [3.8, 4) is 16.9 Å². The van der Waals surface area contributed by atoms with Crippen LogP contribution in [0.5, 0.6) is 5.75 Å². The van der Waals surface area contributed by atoms with Gasteiger partial charge in [-0.2, -0.15) is 0 Å². The minimum atomic E-state index is -0.220. The molecule has 0 aromatic heterocycles. The normalized spacial score (nSPS) is 12.2. The van der Waals surface area contributed by atoms with E-state index < -0.39 is 0 Å². The largest absolute Gasteiger partial charge is 0.497 e. The maximum Gasteiger partial charge on any atom is 0.123 e. The first-order valence-corrected chi connectivity index (χ1v) is 6.68. The highest BCUT2D eigenvalue weighted by atomic mass is 19.1. The molecule has 2 aromatic carbocycles. The second-order valence-corrected chi connectivity index (χ2v) is 4.92. The van der Waals surface area contributed by atoms with E-state index in [1.165, 1.54) is 6.07 Å². The summed E-state index contributed by atoms with van der Waals surface area (Å²) < 4.78 is 18.9. The molecule has 0 aliphatic carbocycles. The number of rotatable bonds is 4. The topological polar surface area (TPSA) is 21.3 Å². The molecule has 1 atom stereocenters. The predicted molar refractivity (Wildman–Crippen MR) is 80.6 cm³/mol. The molecule has 0 saturated heterocycles. The summed E-state index contributed by atoms with van der Waals surface area (Å²) in [5.74, 6) is 0.591. The van der Waals surface area contributed by atoms with Gasteiger partial charge in [0.15, 0.2) is 0 Å². The minimum absolute atomic E-state index is 0.159. The third-order valence-corrected chi connectivity index (χ3v) is 3.64. The maximum absolute atomic E-state index is 13.6. The average molecular weight is 273 g/mol. The van der Waals surface area contributed by atoms with Gasteiger partial charge >= 0.3 is 0 Å². The third-order valence-electron chi connectivity index (χ3n) is 3.64. The molecule has 106 valence electrons. The first-order valence-electron chi connectivity index (χ1n) is 6.68. The van der Waals surface area contributed by atoms with Gasteiger partial charge in [0.05, 0.1) is 7.11 Å². The molecule has 0 aliphatic rings. The highest BCUT2D eigenvalue weighted by Gasteiger charge is 2.13. The van der Waals surface area contributed by atoms with Crippen LogP contribution in [0.2, 0.25) is 0 Å². The minimum Gasteiger partial charge on any atom is -0.497 e. The highest BCUT2D eigenvalue weighted by Crippen LogP contribution is 2.32. The van der Waals surface area contributed by atoms with Crippen LogP contribution in [-0.2, 0) is 0 Å². The lowest BCUT2D eigenvalue weighted by Gasteiger charge is -2.18. The van der Waals surface area contributed by atoms with Crippen molar-refractivity contribution < 1.29 is 9.13 Å². The van der Waals surface area contributed by atoms with Crippen molar-refractivity contribution in [2.45, 2.75) is 19.9 Å². The monoisotopic (exact) mass is 273 g/mol. The van der Waals surface area contributed by atoms with Crippen LogP contribution in [0.3, 0.4) is 0 Å². The van der Waals surface area contributed by atoms with E-state index in [-0.39, 0.29) is 11.9 Å². The Hall–Kier alpha value is -1.87. The summed E-state index contributed by atoms with van der Waals surface area (Å²) in [6.07, 6.45) is 0. The van der Waals surface area contributed by atoms with Crippen LogP contribution in [0.4, 0.5) is 4.39 Å².